The van der Waals surface area contributed by atoms with Crippen molar-refractivity contribution in [1.82, 2.24) is 0 Å². The topological polar surface area (TPSA) is 50.4 Å². The summed E-state index contributed by atoms with van der Waals surface area (Å²) >= 11 is 3.34. The molecule has 4 heteroatoms. The smallest absolute Gasteiger partial charge is 0.311 e. The van der Waals surface area contributed by atoms with E-state index in [1.807, 2.05) is 24.3 Å². The predicted octanol–water partition coefficient (Wildman–Crippen LogP) is 3.45. The lowest BCUT2D eigenvalue weighted by molar-refractivity contribution is -0.138. The number of carbonyl (C=O) groups is 1. The van der Waals surface area contributed by atoms with Crippen LogP contribution < -0.4 is 0 Å². The van der Waals surface area contributed by atoms with Gasteiger partial charge in [0.15, 0.2) is 0 Å². The summed E-state index contributed by atoms with van der Waals surface area (Å²) in [5, 5.41) is 9.26. The number of aliphatic carboxylic acids is 1. The first kappa shape index (κ1) is 11.9. The molecular formula is C13H11BrO3. The number of benzene rings is 1. The van der Waals surface area contributed by atoms with Crippen LogP contribution >= 0.6 is 15.9 Å². The fourth-order valence-corrected chi connectivity index (χ4v) is 2.12. The molecule has 0 spiro atoms. The molecule has 0 amide bonds. The van der Waals surface area contributed by atoms with E-state index in [-0.39, 0.29) is 0 Å². The van der Waals surface area contributed by atoms with Gasteiger partial charge in [-0.2, -0.15) is 0 Å². The SMILES string of the molecule is O=C(O)C(Cc1ccco1)c1cccc(Br)c1. The molecule has 0 bridgehead atoms. The zero-order valence-electron chi connectivity index (χ0n) is 8.97. The van der Waals surface area contributed by atoms with Crippen LogP contribution in [-0.4, -0.2) is 11.1 Å². The number of halogens is 1. The minimum Gasteiger partial charge on any atom is -0.481 e. The van der Waals surface area contributed by atoms with Crippen LogP contribution in [0.1, 0.15) is 17.2 Å². The van der Waals surface area contributed by atoms with E-state index in [9.17, 15) is 9.90 Å². The van der Waals surface area contributed by atoms with Crippen molar-refractivity contribution in [2.45, 2.75) is 12.3 Å². The van der Waals surface area contributed by atoms with E-state index < -0.39 is 11.9 Å². The van der Waals surface area contributed by atoms with Crippen molar-refractivity contribution in [3.05, 3.63) is 58.5 Å². The summed E-state index contributed by atoms with van der Waals surface area (Å²) in [6.07, 6.45) is 1.91. The molecule has 0 fully saturated rings. The van der Waals surface area contributed by atoms with Crippen molar-refractivity contribution in [3.63, 3.8) is 0 Å². The molecule has 0 saturated carbocycles. The van der Waals surface area contributed by atoms with Gasteiger partial charge in [0.2, 0.25) is 0 Å². The van der Waals surface area contributed by atoms with Gasteiger partial charge in [0.25, 0.3) is 0 Å². The largest absolute Gasteiger partial charge is 0.481 e. The van der Waals surface area contributed by atoms with Crippen LogP contribution in [-0.2, 0) is 11.2 Å². The van der Waals surface area contributed by atoms with Crippen LogP contribution in [0.4, 0.5) is 0 Å². The van der Waals surface area contributed by atoms with Crippen LogP contribution in [0.5, 0.6) is 0 Å². The van der Waals surface area contributed by atoms with Gasteiger partial charge in [-0.05, 0) is 29.8 Å². The molecule has 1 aromatic carbocycles. The number of carboxylic acid groups (broad SMARTS) is 1. The molecule has 0 radical (unpaired) electrons. The number of hydrogen-bond donors (Lipinski definition) is 1. The molecular weight excluding hydrogens is 284 g/mol. The maximum absolute atomic E-state index is 11.3. The van der Waals surface area contributed by atoms with Crippen molar-refractivity contribution in [2.75, 3.05) is 0 Å². The Labute approximate surface area is 107 Å². The number of rotatable bonds is 4. The van der Waals surface area contributed by atoms with Crippen LogP contribution in [0.25, 0.3) is 0 Å². The molecule has 1 unspecified atom stereocenters. The Bertz CT molecular complexity index is 505. The van der Waals surface area contributed by atoms with E-state index in [2.05, 4.69) is 15.9 Å². The minimum atomic E-state index is -0.848. The van der Waals surface area contributed by atoms with Crippen molar-refractivity contribution in [3.8, 4) is 0 Å². The van der Waals surface area contributed by atoms with Gasteiger partial charge in [0.05, 0.1) is 12.2 Å². The molecule has 1 atom stereocenters. The molecule has 1 aromatic heterocycles. The Morgan fingerprint density at radius 2 is 2.18 bits per heavy atom. The zero-order valence-corrected chi connectivity index (χ0v) is 10.6. The molecule has 2 aromatic rings. The molecule has 0 aliphatic heterocycles. The van der Waals surface area contributed by atoms with Crippen molar-refractivity contribution >= 4 is 21.9 Å². The first-order chi connectivity index (χ1) is 8.16. The quantitative estimate of drug-likeness (QED) is 0.939. The Morgan fingerprint density at radius 1 is 1.35 bits per heavy atom. The summed E-state index contributed by atoms with van der Waals surface area (Å²) < 4.78 is 6.07. The van der Waals surface area contributed by atoms with Gasteiger partial charge in [-0.25, -0.2) is 0 Å². The fourth-order valence-electron chi connectivity index (χ4n) is 1.70. The summed E-state index contributed by atoms with van der Waals surface area (Å²) in [6.45, 7) is 0. The highest BCUT2D eigenvalue weighted by atomic mass is 79.9. The van der Waals surface area contributed by atoms with Gasteiger partial charge in [-0.15, -0.1) is 0 Å². The monoisotopic (exact) mass is 294 g/mol. The molecule has 1 N–H and O–H groups in total. The van der Waals surface area contributed by atoms with E-state index in [0.717, 1.165) is 10.0 Å². The third-order valence-corrected chi connectivity index (χ3v) is 3.03. The number of hydrogen-bond acceptors (Lipinski definition) is 2. The summed E-state index contributed by atoms with van der Waals surface area (Å²) in [6, 6.07) is 10.9. The maximum atomic E-state index is 11.3. The minimum absolute atomic E-state index is 0.360. The number of carboxylic acids is 1. The molecule has 0 saturated heterocycles. The zero-order chi connectivity index (χ0) is 12.3. The predicted molar refractivity (Wildman–Crippen MR) is 66.9 cm³/mol. The average molecular weight is 295 g/mol. The highest BCUT2D eigenvalue weighted by molar-refractivity contribution is 9.10. The molecule has 88 valence electrons. The van der Waals surface area contributed by atoms with Gasteiger partial charge >= 0.3 is 5.97 Å². The first-order valence-electron chi connectivity index (χ1n) is 5.17. The van der Waals surface area contributed by atoms with Crippen molar-refractivity contribution < 1.29 is 14.3 Å². The highest BCUT2D eigenvalue weighted by Gasteiger charge is 2.21. The van der Waals surface area contributed by atoms with Gasteiger partial charge in [0, 0.05) is 10.9 Å². The lowest BCUT2D eigenvalue weighted by Crippen LogP contribution is -2.14. The van der Waals surface area contributed by atoms with Gasteiger partial charge in [-0.3, -0.25) is 4.79 Å². The standard InChI is InChI=1S/C13H11BrO3/c14-10-4-1-3-9(7-10)12(13(15)16)8-11-5-2-6-17-11/h1-7,12H,8H2,(H,15,16). The Morgan fingerprint density at radius 3 is 2.76 bits per heavy atom. The summed E-state index contributed by atoms with van der Waals surface area (Å²) in [5.74, 6) is -0.754. The summed E-state index contributed by atoms with van der Waals surface area (Å²) in [4.78, 5) is 11.3. The first-order valence-corrected chi connectivity index (χ1v) is 5.97. The average Bonchev–Trinajstić information content (AvgIpc) is 2.78. The Hall–Kier alpha value is -1.55. The van der Waals surface area contributed by atoms with Crippen molar-refractivity contribution in [2.24, 2.45) is 0 Å². The van der Waals surface area contributed by atoms with Crippen LogP contribution in [0.2, 0.25) is 0 Å². The maximum Gasteiger partial charge on any atom is 0.311 e. The highest BCUT2D eigenvalue weighted by Crippen LogP contribution is 2.24. The van der Waals surface area contributed by atoms with Gasteiger partial charge in [0.1, 0.15) is 5.76 Å². The van der Waals surface area contributed by atoms with E-state index >= 15 is 0 Å². The molecule has 0 aliphatic rings. The van der Waals surface area contributed by atoms with Gasteiger partial charge in [-0.1, -0.05) is 28.1 Å². The van der Waals surface area contributed by atoms with E-state index in [4.69, 9.17) is 4.42 Å². The molecule has 2 rings (SSSR count). The van der Waals surface area contributed by atoms with Crippen LogP contribution in [0, 0.1) is 0 Å². The summed E-state index contributed by atoms with van der Waals surface area (Å²) in [7, 11) is 0. The summed E-state index contributed by atoms with van der Waals surface area (Å²) in [5.41, 5.74) is 0.767. The van der Waals surface area contributed by atoms with Crippen molar-refractivity contribution in [1.29, 1.82) is 0 Å². The molecule has 1 heterocycles. The lowest BCUT2D eigenvalue weighted by atomic mass is 9.95. The number of furan rings is 1. The third kappa shape index (κ3) is 2.97. The second-order valence-electron chi connectivity index (χ2n) is 3.73. The van der Waals surface area contributed by atoms with E-state index in [1.54, 1.807) is 18.4 Å². The van der Waals surface area contributed by atoms with Gasteiger partial charge < -0.3 is 9.52 Å². The normalized spacial score (nSPS) is 12.3. The van der Waals surface area contributed by atoms with Crippen LogP contribution in [0.3, 0.4) is 0 Å². The Balaban J connectivity index is 2.26. The van der Waals surface area contributed by atoms with E-state index in [1.165, 1.54) is 0 Å². The lowest BCUT2D eigenvalue weighted by Gasteiger charge is -2.11. The second kappa shape index (κ2) is 5.19. The third-order valence-electron chi connectivity index (χ3n) is 2.53. The fraction of sp³-hybridized carbons (Fsp3) is 0.154. The van der Waals surface area contributed by atoms with E-state index in [0.29, 0.717) is 12.2 Å². The molecule has 0 aliphatic carbocycles. The van der Waals surface area contributed by atoms with Crippen LogP contribution in [0.15, 0.2) is 51.6 Å². The Kier molecular flexibility index (Phi) is 3.64. The molecule has 3 nitrogen and oxygen atoms in total. The second-order valence-corrected chi connectivity index (χ2v) is 4.64. The molecule has 17 heavy (non-hydrogen) atoms.